The van der Waals surface area contributed by atoms with Gasteiger partial charge in [0.15, 0.2) is 0 Å². The third-order valence-corrected chi connectivity index (χ3v) is 3.76. The van der Waals surface area contributed by atoms with Gasteiger partial charge in [-0.3, -0.25) is 0 Å². The Morgan fingerprint density at radius 1 is 1.29 bits per heavy atom. The second-order valence-corrected chi connectivity index (χ2v) is 5.45. The van der Waals surface area contributed by atoms with Crippen molar-refractivity contribution in [3.8, 4) is 6.07 Å². The summed E-state index contributed by atoms with van der Waals surface area (Å²) in [6.07, 6.45) is 5.89. The van der Waals surface area contributed by atoms with E-state index in [0.29, 0.717) is 18.0 Å². The zero-order chi connectivity index (χ0) is 12.7. The number of ether oxygens (including phenoxy) is 1. The zero-order valence-electron chi connectivity index (χ0n) is 11.4. The maximum absolute atomic E-state index is 9.25. The van der Waals surface area contributed by atoms with Gasteiger partial charge < -0.3 is 10.1 Å². The Morgan fingerprint density at radius 2 is 2.00 bits per heavy atom. The Bertz CT molecular complexity index is 247. The lowest BCUT2D eigenvalue weighted by Gasteiger charge is -2.29. The number of methoxy groups -OCH3 is 1. The molecule has 0 aliphatic heterocycles. The molecule has 1 N–H and O–H groups in total. The Labute approximate surface area is 106 Å². The second kappa shape index (κ2) is 7.68. The monoisotopic (exact) mass is 238 g/mol. The molecule has 0 aromatic carbocycles. The lowest BCUT2D eigenvalue weighted by molar-refractivity contribution is 0.135. The van der Waals surface area contributed by atoms with Gasteiger partial charge in [-0.15, -0.1) is 0 Å². The lowest BCUT2D eigenvalue weighted by Crippen LogP contribution is -2.46. The van der Waals surface area contributed by atoms with Gasteiger partial charge in [-0.25, -0.2) is 0 Å². The van der Waals surface area contributed by atoms with Gasteiger partial charge in [0, 0.05) is 19.2 Å². The molecule has 1 fully saturated rings. The molecule has 1 rings (SSSR count). The van der Waals surface area contributed by atoms with E-state index < -0.39 is 0 Å². The minimum absolute atomic E-state index is 0.176. The fraction of sp³-hybridized carbons (Fsp3) is 0.929. The summed E-state index contributed by atoms with van der Waals surface area (Å²) in [5.41, 5.74) is 0. The largest absolute Gasteiger partial charge is 0.383 e. The summed E-state index contributed by atoms with van der Waals surface area (Å²) in [6, 6.07) is 3.19. The van der Waals surface area contributed by atoms with Crippen LogP contribution in [0, 0.1) is 23.2 Å². The van der Waals surface area contributed by atoms with Gasteiger partial charge in [-0.1, -0.05) is 33.1 Å². The number of hydrogen-bond donors (Lipinski definition) is 1. The average Bonchev–Trinajstić information content (AvgIpc) is 2.53. The standard InChI is InChI=1S/C14H26N2O/c1-11(2)14(10-17-3)16-13-8-6-4-5-7-12(13)9-15/h11-14,16H,4-8,10H2,1-3H3. The molecule has 0 saturated heterocycles. The molecule has 0 heterocycles. The molecule has 0 radical (unpaired) electrons. The first-order valence-corrected chi connectivity index (χ1v) is 6.83. The minimum Gasteiger partial charge on any atom is -0.383 e. The SMILES string of the molecule is COCC(NC1CCCCCC1C#N)C(C)C. The highest BCUT2D eigenvalue weighted by Crippen LogP contribution is 2.24. The Morgan fingerprint density at radius 3 is 2.59 bits per heavy atom. The van der Waals surface area contributed by atoms with Crippen molar-refractivity contribution in [3.05, 3.63) is 0 Å². The molecular weight excluding hydrogens is 212 g/mol. The van der Waals surface area contributed by atoms with Crippen LogP contribution in [0.1, 0.15) is 46.0 Å². The van der Waals surface area contributed by atoms with E-state index >= 15 is 0 Å². The van der Waals surface area contributed by atoms with Crippen LogP contribution in [-0.2, 0) is 4.74 Å². The van der Waals surface area contributed by atoms with E-state index in [2.05, 4.69) is 25.2 Å². The van der Waals surface area contributed by atoms with Crippen LogP contribution in [0.25, 0.3) is 0 Å². The third kappa shape index (κ3) is 4.65. The van der Waals surface area contributed by atoms with E-state index in [4.69, 9.17) is 4.74 Å². The van der Waals surface area contributed by atoms with Crippen molar-refractivity contribution in [3.63, 3.8) is 0 Å². The van der Waals surface area contributed by atoms with Crippen LogP contribution in [-0.4, -0.2) is 25.8 Å². The molecule has 1 saturated carbocycles. The highest BCUT2D eigenvalue weighted by atomic mass is 16.5. The highest BCUT2D eigenvalue weighted by Gasteiger charge is 2.26. The van der Waals surface area contributed by atoms with E-state index in [9.17, 15) is 5.26 Å². The molecule has 3 unspecified atom stereocenters. The fourth-order valence-corrected chi connectivity index (χ4v) is 2.55. The molecule has 3 nitrogen and oxygen atoms in total. The van der Waals surface area contributed by atoms with E-state index in [1.54, 1.807) is 7.11 Å². The van der Waals surface area contributed by atoms with Crippen molar-refractivity contribution < 1.29 is 4.74 Å². The zero-order valence-corrected chi connectivity index (χ0v) is 11.4. The van der Waals surface area contributed by atoms with Crippen molar-refractivity contribution in [1.82, 2.24) is 5.32 Å². The topological polar surface area (TPSA) is 45.0 Å². The van der Waals surface area contributed by atoms with Crippen LogP contribution in [0.4, 0.5) is 0 Å². The van der Waals surface area contributed by atoms with Crippen LogP contribution < -0.4 is 5.32 Å². The summed E-state index contributed by atoms with van der Waals surface area (Å²) < 4.78 is 5.26. The van der Waals surface area contributed by atoms with Crippen LogP contribution in [0.5, 0.6) is 0 Å². The molecular formula is C14H26N2O. The summed E-state index contributed by atoms with van der Waals surface area (Å²) in [4.78, 5) is 0. The first kappa shape index (κ1) is 14.5. The number of rotatable bonds is 5. The molecule has 0 aromatic rings. The Hall–Kier alpha value is -0.590. The van der Waals surface area contributed by atoms with E-state index in [-0.39, 0.29) is 5.92 Å². The molecule has 98 valence electrons. The molecule has 17 heavy (non-hydrogen) atoms. The number of nitrogens with one attached hydrogen (secondary N) is 1. The average molecular weight is 238 g/mol. The maximum Gasteiger partial charge on any atom is 0.0672 e. The van der Waals surface area contributed by atoms with E-state index in [0.717, 1.165) is 19.4 Å². The fourth-order valence-electron chi connectivity index (χ4n) is 2.55. The van der Waals surface area contributed by atoms with Crippen molar-refractivity contribution in [2.75, 3.05) is 13.7 Å². The summed E-state index contributed by atoms with van der Waals surface area (Å²) in [7, 11) is 1.74. The number of nitriles is 1. The summed E-state index contributed by atoms with van der Waals surface area (Å²) >= 11 is 0. The van der Waals surface area contributed by atoms with Crippen LogP contribution in [0.15, 0.2) is 0 Å². The molecule has 3 heteroatoms. The Kier molecular flexibility index (Phi) is 6.54. The maximum atomic E-state index is 9.25. The molecule has 3 atom stereocenters. The quantitative estimate of drug-likeness (QED) is 0.749. The third-order valence-electron chi connectivity index (χ3n) is 3.76. The first-order chi connectivity index (χ1) is 8.19. The molecule has 0 aromatic heterocycles. The van der Waals surface area contributed by atoms with Gasteiger partial charge in [0.25, 0.3) is 0 Å². The van der Waals surface area contributed by atoms with Gasteiger partial charge >= 0.3 is 0 Å². The van der Waals surface area contributed by atoms with Crippen LogP contribution in [0.2, 0.25) is 0 Å². The summed E-state index contributed by atoms with van der Waals surface area (Å²) in [5, 5.41) is 12.9. The van der Waals surface area contributed by atoms with E-state index in [1.165, 1.54) is 19.3 Å². The number of nitrogens with zero attached hydrogens (tertiary/aromatic N) is 1. The molecule has 0 amide bonds. The molecule has 1 aliphatic carbocycles. The smallest absolute Gasteiger partial charge is 0.0672 e. The van der Waals surface area contributed by atoms with Gasteiger partial charge in [0.05, 0.1) is 18.6 Å². The molecule has 0 bridgehead atoms. The lowest BCUT2D eigenvalue weighted by atomic mass is 9.94. The number of hydrogen-bond acceptors (Lipinski definition) is 3. The van der Waals surface area contributed by atoms with Crippen molar-refractivity contribution in [2.24, 2.45) is 11.8 Å². The summed E-state index contributed by atoms with van der Waals surface area (Å²) in [6.45, 7) is 5.13. The van der Waals surface area contributed by atoms with Crippen molar-refractivity contribution in [1.29, 1.82) is 5.26 Å². The van der Waals surface area contributed by atoms with E-state index in [1.807, 2.05) is 0 Å². The summed E-state index contributed by atoms with van der Waals surface area (Å²) in [5.74, 6) is 0.716. The highest BCUT2D eigenvalue weighted by molar-refractivity contribution is 4.95. The van der Waals surface area contributed by atoms with Gasteiger partial charge in [0.2, 0.25) is 0 Å². The molecule has 1 aliphatic rings. The van der Waals surface area contributed by atoms with Gasteiger partial charge in [-0.05, 0) is 18.8 Å². The minimum atomic E-state index is 0.176. The van der Waals surface area contributed by atoms with Crippen LogP contribution >= 0.6 is 0 Å². The van der Waals surface area contributed by atoms with Crippen molar-refractivity contribution in [2.45, 2.75) is 58.0 Å². The van der Waals surface area contributed by atoms with Crippen molar-refractivity contribution >= 4 is 0 Å². The predicted octanol–water partition coefficient (Wildman–Crippen LogP) is 2.72. The second-order valence-electron chi connectivity index (χ2n) is 5.45. The van der Waals surface area contributed by atoms with Gasteiger partial charge in [0.1, 0.15) is 0 Å². The van der Waals surface area contributed by atoms with Gasteiger partial charge in [-0.2, -0.15) is 5.26 Å². The van der Waals surface area contributed by atoms with Crippen LogP contribution in [0.3, 0.4) is 0 Å². The molecule has 0 spiro atoms. The normalized spacial score (nSPS) is 27.5. The predicted molar refractivity (Wildman–Crippen MR) is 69.6 cm³/mol. The first-order valence-electron chi connectivity index (χ1n) is 6.83. The Balaban J connectivity index is 2.58.